The van der Waals surface area contributed by atoms with Crippen molar-refractivity contribution in [1.29, 1.82) is 0 Å². The van der Waals surface area contributed by atoms with Gasteiger partial charge in [-0.2, -0.15) is 5.10 Å². The van der Waals surface area contributed by atoms with Crippen molar-refractivity contribution in [3.05, 3.63) is 52.0 Å². The van der Waals surface area contributed by atoms with E-state index in [-0.39, 0.29) is 23.2 Å². The number of aromatic nitrogens is 5. The van der Waals surface area contributed by atoms with Gasteiger partial charge in [0.1, 0.15) is 5.82 Å². The summed E-state index contributed by atoms with van der Waals surface area (Å²) in [6.45, 7) is 2.76. The van der Waals surface area contributed by atoms with Gasteiger partial charge in [-0.15, -0.1) is 10.2 Å². The van der Waals surface area contributed by atoms with Crippen LogP contribution in [0.5, 0.6) is 0 Å². The number of benzene rings is 1. The molecule has 1 aromatic carbocycles. The van der Waals surface area contributed by atoms with Gasteiger partial charge in [0.2, 0.25) is 0 Å². The number of nitrogens with zero attached hydrogens (tertiary/aromatic N) is 4. The lowest BCUT2D eigenvalue weighted by molar-refractivity contribution is 0.0933. The number of hydrogen-bond donors (Lipinski definition) is 2. The Bertz CT molecular complexity index is 1020. The number of fused-ring (bicyclic) bond motifs is 2. The molecule has 0 aliphatic carbocycles. The summed E-state index contributed by atoms with van der Waals surface area (Å²) in [6.07, 6.45) is 4.30. The molecule has 3 aromatic rings. The van der Waals surface area contributed by atoms with Crippen LogP contribution in [0, 0.1) is 0 Å². The van der Waals surface area contributed by atoms with Crippen molar-refractivity contribution in [1.82, 2.24) is 30.3 Å². The fraction of sp³-hybridized carbons (Fsp3) is 0.389. The molecule has 2 N–H and O–H groups in total. The molecule has 3 heterocycles. The van der Waals surface area contributed by atoms with Crippen molar-refractivity contribution in [2.75, 3.05) is 0 Å². The Hall–Kier alpha value is -3.03. The molecule has 0 saturated heterocycles. The Morgan fingerprint density at radius 2 is 2.00 bits per heavy atom. The quantitative estimate of drug-likeness (QED) is 0.747. The molecule has 0 saturated carbocycles. The molecule has 1 amide bonds. The Morgan fingerprint density at radius 3 is 2.85 bits per heavy atom. The molecule has 8 nitrogen and oxygen atoms in total. The van der Waals surface area contributed by atoms with Gasteiger partial charge in [-0.1, -0.05) is 24.6 Å². The minimum absolute atomic E-state index is 0.197. The molecule has 2 aromatic heterocycles. The van der Waals surface area contributed by atoms with Gasteiger partial charge >= 0.3 is 0 Å². The highest BCUT2D eigenvalue weighted by molar-refractivity contribution is 6.04. The fourth-order valence-electron chi connectivity index (χ4n) is 3.45. The number of hydrogen-bond acceptors (Lipinski definition) is 5. The SMILES string of the molecule is CC(NC(=O)c1n[nH]c(=O)c2ccccc12)c1nnc2n1CCCCC2. The summed E-state index contributed by atoms with van der Waals surface area (Å²) in [5.41, 5.74) is -0.115. The highest BCUT2D eigenvalue weighted by Crippen LogP contribution is 2.19. The van der Waals surface area contributed by atoms with Crippen molar-refractivity contribution < 1.29 is 4.79 Å². The van der Waals surface area contributed by atoms with Crippen molar-refractivity contribution in [3.63, 3.8) is 0 Å². The number of carbonyl (C=O) groups excluding carboxylic acids is 1. The Morgan fingerprint density at radius 1 is 1.19 bits per heavy atom. The number of aryl methyl sites for hydroxylation is 1. The maximum Gasteiger partial charge on any atom is 0.272 e. The lowest BCUT2D eigenvalue weighted by Gasteiger charge is -2.15. The van der Waals surface area contributed by atoms with Gasteiger partial charge in [0, 0.05) is 18.4 Å². The van der Waals surface area contributed by atoms with Crippen LogP contribution in [0.25, 0.3) is 10.8 Å². The fourth-order valence-corrected chi connectivity index (χ4v) is 3.45. The molecule has 4 rings (SSSR count). The largest absolute Gasteiger partial charge is 0.341 e. The van der Waals surface area contributed by atoms with Gasteiger partial charge < -0.3 is 9.88 Å². The first-order valence-corrected chi connectivity index (χ1v) is 8.85. The van der Waals surface area contributed by atoms with E-state index in [0.29, 0.717) is 10.8 Å². The monoisotopic (exact) mass is 352 g/mol. The highest BCUT2D eigenvalue weighted by atomic mass is 16.2. The van der Waals surface area contributed by atoms with E-state index in [0.717, 1.165) is 37.5 Å². The summed E-state index contributed by atoms with van der Waals surface area (Å²) < 4.78 is 2.11. The lowest BCUT2D eigenvalue weighted by atomic mass is 10.1. The number of amides is 1. The predicted molar refractivity (Wildman–Crippen MR) is 95.8 cm³/mol. The maximum atomic E-state index is 12.8. The van der Waals surface area contributed by atoms with Crippen molar-refractivity contribution in [3.8, 4) is 0 Å². The highest BCUT2D eigenvalue weighted by Gasteiger charge is 2.22. The molecule has 0 radical (unpaired) electrons. The van der Waals surface area contributed by atoms with E-state index in [4.69, 9.17) is 0 Å². The van der Waals surface area contributed by atoms with Crippen molar-refractivity contribution in [2.24, 2.45) is 0 Å². The van der Waals surface area contributed by atoms with Crippen LogP contribution < -0.4 is 10.9 Å². The molecule has 1 atom stereocenters. The first kappa shape index (κ1) is 16.4. The van der Waals surface area contributed by atoms with Crippen molar-refractivity contribution in [2.45, 2.75) is 45.2 Å². The third-order valence-electron chi connectivity index (χ3n) is 4.78. The van der Waals surface area contributed by atoms with E-state index in [1.807, 2.05) is 6.92 Å². The summed E-state index contributed by atoms with van der Waals surface area (Å²) in [4.78, 5) is 24.6. The van der Waals surface area contributed by atoms with E-state index in [1.165, 1.54) is 6.42 Å². The Balaban J connectivity index is 1.62. The average molecular weight is 352 g/mol. The zero-order valence-electron chi connectivity index (χ0n) is 14.5. The van der Waals surface area contributed by atoms with Crippen LogP contribution in [0.15, 0.2) is 29.1 Å². The van der Waals surface area contributed by atoms with Gasteiger partial charge in [-0.25, -0.2) is 5.10 Å². The molecule has 0 spiro atoms. The minimum atomic E-state index is -0.351. The molecular weight excluding hydrogens is 332 g/mol. The van der Waals surface area contributed by atoms with E-state index in [1.54, 1.807) is 24.3 Å². The van der Waals surface area contributed by atoms with Crippen molar-refractivity contribution >= 4 is 16.7 Å². The summed E-state index contributed by atoms with van der Waals surface area (Å²) in [7, 11) is 0. The number of nitrogens with one attached hydrogen (secondary N) is 2. The van der Waals surface area contributed by atoms with Gasteiger partial charge in [0.15, 0.2) is 11.5 Å². The number of rotatable bonds is 3. The normalized spacial score (nSPS) is 15.3. The first-order valence-electron chi connectivity index (χ1n) is 8.85. The van der Waals surface area contributed by atoms with Gasteiger partial charge in [-0.05, 0) is 25.8 Å². The molecule has 8 heteroatoms. The zero-order chi connectivity index (χ0) is 18.1. The number of aromatic amines is 1. The molecule has 1 unspecified atom stereocenters. The van der Waals surface area contributed by atoms with Gasteiger partial charge in [0.25, 0.3) is 11.5 Å². The van der Waals surface area contributed by atoms with Gasteiger partial charge in [0.05, 0.1) is 11.4 Å². The number of H-pyrrole nitrogens is 1. The average Bonchev–Trinajstić information content (AvgIpc) is 2.91. The van der Waals surface area contributed by atoms with Crippen LogP contribution in [0.3, 0.4) is 0 Å². The maximum absolute atomic E-state index is 12.8. The first-order chi connectivity index (χ1) is 12.6. The van der Waals surface area contributed by atoms with Crippen LogP contribution in [0.2, 0.25) is 0 Å². The number of carbonyl (C=O) groups is 1. The summed E-state index contributed by atoms with van der Waals surface area (Å²) in [5.74, 6) is 1.38. The molecule has 0 fully saturated rings. The molecule has 1 aliphatic rings. The van der Waals surface area contributed by atoms with Crippen LogP contribution >= 0.6 is 0 Å². The summed E-state index contributed by atoms with van der Waals surface area (Å²) >= 11 is 0. The lowest BCUT2D eigenvalue weighted by Crippen LogP contribution is -2.30. The van der Waals surface area contributed by atoms with Crippen LogP contribution in [-0.4, -0.2) is 30.9 Å². The second kappa shape index (κ2) is 6.70. The molecule has 134 valence electrons. The zero-order valence-corrected chi connectivity index (χ0v) is 14.5. The van der Waals surface area contributed by atoms with E-state index >= 15 is 0 Å². The third-order valence-corrected chi connectivity index (χ3v) is 4.78. The molecule has 26 heavy (non-hydrogen) atoms. The van der Waals surface area contributed by atoms with E-state index < -0.39 is 0 Å². The van der Waals surface area contributed by atoms with Crippen LogP contribution in [0.4, 0.5) is 0 Å². The minimum Gasteiger partial charge on any atom is -0.341 e. The predicted octanol–water partition coefficient (Wildman–Crippen LogP) is 1.73. The molecular formula is C18H20N6O2. The Labute approximate surface area is 149 Å². The van der Waals surface area contributed by atoms with Crippen LogP contribution in [0.1, 0.15) is 54.4 Å². The van der Waals surface area contributed by atoms with E-state index in [9.17, 15) is 9.59 Å². The molecule has 1 aliphatic heterocycles. The van der Waals surface area contributed by atoms with Crippen LogP contribution in [-0.2, 0) is 13.0 Å². The van der Waals surface area contributed by atoms with E-state index in [2.05, 4.69) is 30.3 Å². The topological polar surface area (TPSA) is 106 Å². The third kappa shape index (κ3) is 2.87. The standard InChI is InChI=1S/C18H20N6O2/c1-11(16-22-20-14-9-3-2-6-10-24(14)16)19-18(26)15-12-7-4-5-8-13(12)17(25)23-21-15/h4-5,7-8,11H,2-3,6,9-10H2,1H3,(H,19,26)(H,23,25). The smallest absolute Gasteiger partial charge is 0.272 e. The van der Waals surface area contributed by atoms with Gasteiger partial charge in [-0.3, -0.25) is 9.59 Å². The second-order valence-electron chi connectivity index (χ2n) is 6.58. The second-order valence-corrected chi connectivity index (χ2v) is 6.58. The molecule has 0 bridgehead atoms. The summed E-state index contributed by atoms with van der Waals surface area (Å²) in [5, 5.41) is 18.8. The Kier molecular flexibility index (Phi) is 4.24. The summed E-state index contributed by atoms with van der Waals surface area (Å²) in [6, 6.07) is 6.62.